The number of hydrogen-bond acceptors (Lipinski definition) is 4. The largest absolute Gasteiger partial charge is 0.450 e. The van der Waals surface area contributed by atoms with Gasteiger partial charge in [0.15, 0.2) is 6.61 Å². The Labute approximate surface area is 126 Å². The molecule has 0 atom stereocenters. The molecular formula is C17H15NO4. The quantitative estimate of drug-likeness (QED) is 0.755. The Kier molecular flexibility index (Phi) is 3.55. The van der Waals surface area contributed by atoms with Crippen molar-refractivity contribution in [2.24, 2.45) is 0 Å². The van der Waals surface area contributed by atoms with Crippen molar-refractivity contribution in [2.75, 3.05) is 13.7 Å². The normalized spacial score (nSPS) is 10.8. The lowest BCUT2D eigenvalue weighted by molar-refractivity contribution is -0.123. The van der Waals surface area contributed by atoms with Crippen LogP contribution in [-0.2, 0) is 9.53 Å². The van der Waals surface area contributed by atoms with Gasteiger partial charge in [-0.2, -0.15) is 0 Å². The van der Waals surface area contributed by atoms with Gasteiger partial charge in [-0.3, -0.25) is 4.79 Å². The summed E-state index contributed by atoms with van der Waals surface area (Å²) < 4.78 is 10.7. The average molecular weight is 297 g/mol. The molecule has 0 radical (unpaired) electrons. The van der Waals surface area contributed by atoms with Gasteiger partial charge < -0.3 is 14.5 Å². The van der Waals surface area contributed by atoms with Gasteiger partial charge in [-0.15, -0.1) is 0 Å². The maximum absolute atomic E-state index is 12.1. The van der Waals surface area contributed by atoms with E-state index in [1.807, 2.05) is 36.4 Å². The molecule has 1 amide bonds. The van der Waals surface area contributed by atoms with Crippen molar-refractivity contribution in [1.29, 1.82) is 0 Å². The van der Waals surface area contributed by atoms with Crippen LogP contribution in [0.4, 0.5) is 0 Å². The lowest BCUT2D eigenvalue weighted by Gasteiger charge is -2.01. The number of ether oxygens (including phenoxy) is 1. The molecule has 0 fully saturated rings. The fourth-order valence-corrected chi connectivity index (χ4v) is 2.41. The highest BCUT2D eigenvalue weighted by Gasteiger charge is 2.20. The van der Waals surface area contributed by atoms with Crippen LogP contribution in [0.5, 0.6) is 0 Å². The van der Waals surface area contributed by atoms with Crippen molar-refractivity contribution >= 4 is 33.6 Å². The summed E-state index contributed by atoms with van der Waals surface area (Å²) in [5.74, 6) is -0.871. The molecule has 5 nitrogen and oxygen atoms in total. The van der Waals surface area contributed by atoms with Gasteiger partial charge in [-0.05, 0) is 12.3 Å². The molecule has 3 aromatic rings. The molecule has 3 rings (SSSR count). The first-order chi connectivity index (χ1) is 10.6. The van der Waals surface area contributed by atoms with E-state index in [1.54, 1.807) is 6.92 Å². The first kappa shape index (κ1) is 14.1. The summed E-state index contributed by atoms with van der Waals surface area (Å²) in [4.78, 5) is 23.3. The molecule has 0 bridgehead atoms. The van der Waals surface area contributed by atoms with E-state index in [9.17, 15) is 9.59 Å². The zero-order chi connectivity index (χ0) is 15.7. The van der Waals surface area contributed by atoms with Crippen LogP contribution in [0, 0.1) is 6.92 Å². The van der Waals surface area contributed by atoms with Crippen LogP contribution in [0.3, 0.4) is 0 Å². The van der Waals surface area contributed by atoms with Gasteiger partial charge in [-0.25, -0.2) is 4.79 Å². The van der Waals surface area contributed by atoms with Crippen molar-refractivity contribution in [3.8, 4) is 0 Å². The molecule has 0 aliphatic carbocycles. The Morgan fingerprint density at radius 3 is 2.68 bits per heavy atom. The van der Waals surface area contributed by atoms with Crippen molar-refractivity contribution in [1.82, 2.24) is 5.32 Å². The van der Waals surface area contributed by atoms with Crippen molar-refractivity contribution in [3.63, 3.8) is 0 Å². The SMILES string of the molecule is CNC(=O)COC(=O)c1oc2c(ccc3ccccc32)c1C. The average Bonchev–Trinajstić information content (AvgIpc) is 2.89. The maximum Gasteiger partial charge on any atom is 0.375 e. The predicted molar refractivity (Wildman–Crippen MR) is 82.8 cm³/mol. The molecular weight excluding hydrogens is 282 g/mol. The topological polar surface area (TPSA) is 68.5 Å². The smallest absolute Gasteiger partial charge is 0.375 e. The Morgan fingerprint density at radius 1 is 1.14 bits per heavy atom. The molecule has 0 saturated carbocycles. The van der Waals surface area contributed by atoms with Crippen LogP contribution in [0.1, 0.15) is 16.1 Å². The van der Waals surface area contributed by atoms with Gasteiger partial charge >= 0.3 is 5.97 Å². The monoisotopic (exact) mass is 297 g/mol. The van der Waals surface area contributed by atoms with Gasteiger partial charge in [0, 0.05) is 23.4 Å². The molecule has 0 saturated heterocycles. The van der Waals surface area contributed by atoms with E-state index in [-0.39, 0.29) is 18.3 Å². The number of hydrogen-bond donors (Lipinski definition) is 1. The van der Waals surface area contributed by atoms with E-state index in [2.05, 4.69) is 5.32 Å². The highest BCUT2D eigenvalue weighted by atomic mass is 16.5. The van der Waals surface area contributed by atoms with Gasteiger partial charge in [0.25, 0.3) is 5.91 Å². The predicted octanol–water partition coefficient (Wildman–Crippen LogP) is 2.80. The highest BCUT2D eigenvalue weighted by molar-refractivity contribution is 6.08. The zero-order valence-electron chi connectivity index (χ0n) is 12.3. The third-order valence-corrected chi connectivity index (χ3v) is 3.63. The molecule has 1 N–H and O–H groups in total. The molecule has 0 aliphatic heterocycles. The van der Waals surface area contributed by atoms with Crippen LogP contribution in [0.25, 0.3) is 21.7 Å². The molecule has 22 heavy (non-hydrogen) atoms. The van der Waals surface area contributed by atoms with Crippen LogP contribution in [0.2, 0.25) is 0 Å². The lowest BCUT2D eigenvalue weighted by Crippen LogP contribution is -2.25. The molecule has 1 heterocycles. The summed E-state index contributed by atoms with van der Waals surface area (Å²) >= 11 is 0. The van der Waals surface area contributed by atoms with Crippen LogP contribution >= 0.6 is 0 Å². The molecule has 1 aromatic heterocycles. The van der Waals surface area contributed by atoms with Crippen molar-refractivity contribution in [3.05, 3.63) is 47.7 Å². The van der Waals surface area contributed by atoms with Gasteiger partial charge in [0.05, 0.1) is 0 Å². The Hall–Kier alpha value is -2.82. The minimum absolute atomic E-state index is 0.134. The number of carbonyl (C=O) groups excluding carboxylic acids is 2. The third kappa shape index (κ3) is 2.30. The van der Waals surface area contributed by atoms with Crippen molar-refractivity contribution < 1.29 is 18.7 Å². The van der Waals surface area contributed by atoms with E-state index in [0.717, 1.165) is 16.2 Å². The van der Waals surface area contributed by atoms with E-state index in [1.165, 1.54) is 7.05 Å². The molecule has 5 heteroatoms. The summed E-state index contributed by atoms with van der Waals surface area (Å²) in [6, 6.07) is 11.7. The molecule has 112 valence electrons. The summed E-state index contributed by atoms with van der Waals surface area (Å²) in [5, 5.41) is 5.23. The number of fused-ring (bicyclic) bond motifs is 3. The van der Waals surface area contributed by atoms with Gasteiger partial charge in [-0.1, -0.05) is 36.4 Å². The first-order valence-corrected chi connectivity index (χ1v) is 6.90. The van der Waals surface area contributed by atoms with Crippen LogP contribution < -0.4 is 5.32 Å². The lowest BCUT2D eigenvalue weighted by atomic mass is 10.1. The molecule has 0 aliphatic rings. The number of likely N-dealkylation sites (N-methyl/N-ethyl adjacent to an activating group) is 1. The zero-order valence-corrected chi connectivity index (χ0v) is 12.3. The number of amides is 1. The second-order valence-electron chi connectivity index (χ2n) is 4.97. The van der Waals surface area contributed by atoms with Gasteiger partial charge in [0.1, 0.15) is 5.58 Å². The summed E-state index contributed by atoms with van der Waals surface area (Å²) in [6.07, 6.45) is 0. The highest BCUT2D eigenvalue weighted by Crippen LogP contribution is 2.31. The molecule has 2 aromatic carbocycles. The van der Waals surface area contributed by atoms with Crippen LogP contribution in [0.15, 0.2) is 40.8 Å². The Balaban J connectivity index is 2.04. The first-order valence-electron chi connectivity index (χ1n) is 6.90. The second-order valence-corrected chi connectivity index (χ2v) is 4.97. The van der Waals surface area contributed by atoms with E-state index in [4.69, 9.17) is 9.15 Å². The minimum atomic E-state index is -0.638. The number of aryl methyl sites for hydroxylation is 1. The van der Waals surface area contributed by atoms with E-state index < -0.39 is 5.97 Å². The third-order valence-electron chi connectivity index (χ3n) is 3.63. The summed E-state index contributed by atoms with van der Waals surface area (Å²) in [6.45, 7) is 1.48. The number of nitrogens with one attached hydrogen (secondary N) is 1. The fourth-order valence-electron chi connectivity index (χ4n) is 2.41. The summed E-state index contributed by atoms with van der Waals surface area (Å²) in [5.41, 5.74) is 1.37. The second kappa shape index (κ2) is 5.52. The number of furan rings is 1. The number of rotatable bonds is 3. The van der Waals surface area contributed by atoms with E-state index >= 15 is 0 Å². The number of carbonyl (C=O) groups is 2. The number of benzene rings is 2. The van der Waals surface area contributed by atoms with Crippen molar-refractivity contribution in [2.45, 2.75) is 6.92 Å². The summed E-state index contributed by atoms with van der Waals surface area (Å²) in [7, 11) is 1.48. The molecule has 0 unspecified atom stereocenters. The number of esters is 1. The Morgan fingerprint density at radius 2 is 1.91 bits per heavy atom. The minimum Gasteiger partial charge on any atom is -0.450 e. The van der Waals surface area contributed by atoms with E-state index in [0.29, 0.717) is 11.1 Å². The fraction of sp³-hybridized carbons (Fsp3) is 0.176. The van der Waals surface area contributed by atoms with Gasteiger partial charge in [0.2, 0.25) is 5.76 Å². The standard InChI is InChI=1S/C17H15NO4/c1-10-12-8-7-11-5-3-4-6-13(11)16(12)22-15(10)17(20)21-9-14(19)18-2/h3-8H,9H2,1-2H3,(H,18,19). The Bertz CT molecular complexity index is 879. The molecule has 0 spiro atoms. The van der Waals surface area contributed by atoms with Crippen LogP contribution in [-0.4, -0.2) is 25.5 Å². The maximum atomic E-state index is 12.1.